The van der Waals surface area contributed by atoms with Crippen LogP contribution in [0.1, 0.15) is 0 Å². The molecule has 1 N–H and O–H groups in total. The van der Waals surface area contributed by atoms with E-state index in [1.54, 1.807) is 0 Å². The minimum Gasteiger partial charge on any atom is -0.502 e. The van der Waals surface area contributed by atoms with Gasteiger partial charge in [0.15, 0.2) is 16.9 Å². The van der Waals surface area contributed by atoms with Gasteiger partial charge in [0.2, 0.25) is 0 Å². The Balaban J connectivity index is 3.20. The number of phenols is 1. The molecule has 0 spiro atoms. The summed E-state index contributed by atoms with van der Waals surface area (Å²) in [5.41, 5.74) is -8.85. The van der Waals surface area contributed by atoms with Crippen LogP contribution in [0.5, 0.6) is 5.75 Å². The summed E-state index contributed by atoms with van der Waals surface area (Å²) in [5, 5.41) is 65.9. The van der Waals surface area contributed by atoms with Crippen molar-refractivity contribution < 1.29 is 29.7 Å². The van der Waals surface area contributed by atoms with Crippen LogP contribution in [0.15, 0.2) is 24.3 Å². The van der Waals surface area contributed by atoms with E-state index in [4.69, 9.17) is 0 Å². The van der Waals surface area contributed by atoms with E-state index >= 15 is 0 Å². The van der Waals surface area contributed by atoms with Crippen LogP contribution in [0, 0.1) is 50.6 Å². The highest BCUT2D eigenvalue weighted by Crippen LogP contribution is 2.50. The van der Waals surface area contributed by atoms with Crippen LogP contribution < -0.4 is 0 Å². The van der Waals surface area contributed by atoms with E-state index in [-0.39, 0.29) is 12.1 Å². The summed E-state index contributed by atoms with van der Waals surface area (Å²) in [7, 11) is 0. The zero-order valence-corrected chi connectivity index (χ0v) is 13.1. The van der Waals surface area contributed by atoms with Crippen LogP contribution in [0.25, 0.3) is 11.1 Å². The van der Waals surface area contributed by atoms with Crippen LogP contribution in [0.2, 0.25) is 0 Å². The molecule has 0 saturated carbocycles. The highest BCUT2D eigenvalue weighted by Gasteiger charge is 2.41. The molecule has 0 radical (unpaired) electrons. The first-order chi connectivity index (χ1) is 13.0. The first-order valence-electron chi connectivity index (χ1n) is 6.73. The fourth-order valence-corrected chi connectivity index (χ4v) is 2.40. The molecule has 0 bridgehead atoms. The van der Waals surface area contributed by atoms with Crippen LogP contribution in [0.3, 0.4) is 0 Å². The van der Waals surface area contributed by atoms with Crippen LogP contribution in [0.4, 0.5) is 28.4 Å². The van der Waals surface area contributed by atoms with Gasteiger partial charge in [0.25, 0.3) is 22.7 Å². The quantitative estimate of drug-likeness (QED) is 0.550. The van der Waals surface area contributed by atoms with Crippen molar-refractivity contribution in [2.45, 2.75) is 0 Å². The Morgan fingerprint density at radius 2 is 1.07 bits per heavy atom. The predicted octanol–water partition coefficient (Wildman–Crippen LogP) is 2.60. The molecular weight excluding hydrogens is 390 g/mol. The van der Waals surface area contributed by atoms with Crippen LogP contribution in [-0.2, 0) is 0 Å². The van der Waals surface area contributed by atoms with Crippen molar-refractivity contribution >= 4 is 28.4 Å². The summed E-state index contributed by atoms with van der Waals surface area (Å²) < 4.78 is 0. The summed E-state index contributed by atoms with van der Waals surface area (Å²) in [6, 6.07) is 1.63. The third-order valence-electron chi connectivity index (χ3n) is 3.45. The molecule has 0 aliphatic heterocycles. The fraction of sp³-hybridized carbons (Fsp3) is 0. The van der Waals surface area contributed by atoms with E-state index in [1.807, 2.05) is 0 Å². The van der Waals surface area contributed by atoms with Crippen molar-refractivity contribution in [3.8, 4) is 16.9 Å². The number of aromatic hydroxyl groups is 1. The molecule has 144 valence electrons. The standard InChI is InChI=1S/C12H5N5O11/c18-9-2-1-6(14(21)22)11(12(9)17(27)28)10-7(15(23)24)3-5(13(19)20)4-8(10)16(25)26/h1-4,18H. The highest BCUT2D eigenvalue weighted by molar-refractivity contribution is 5.95. The molecule has 0 fully saturated rings. The minimum absolute atomic E-state index is 0.264. The Hall–Kier alpha value is -4.76. The van der Waals surface area contributed by atoms with Gasteiger partial charge in [0.05, 0.1) is 36.7 Å². The third kappa shape index (κ3) is 3.19. The lowest BCUT2D eigenvalue weighted by Crippen LogP contribution is -2.04. The van der Waals surface area contributed by atoms with Gasteiger partial charge in [-0.3, -0.25) is 50.6 Å². The second-order valence-corrected chi connectivity index (χ2v) is 4.97. The van der Waals surface area contributed by atoms with Gasteiger partial charge in [-0.25, -0.2) is 0 Å². The van der Waals surface area contributed by atoms with Crippen molar-refractivity contribution in [1.29, 1.82) is 0 Å². The van der Waals surface area contributed by atoms with Gasteiger partial charge in [-0.15, -0.1) is 0 Å². The number of rotatable bonds is 6. The zero-order valence-electron chi connectivity index (χ0n) is 13.1. The van der Waals surface area contributed by atoms with Gasteiger partial charge in [0, 0.05) is 6.07 Å². The van der Waals surface area contributed by atoms with Gasteiger partial charge < -0.3 is 5.11 Å². The maximum Gasteiger partial charge on any atom is 0.325 e. The van der Waals surface area contributed by atoms with Crippen molar-refractivity contribution in [2.75, 3.05) is 0 Å². The van der Waals surface area contributed by atoms with Crippen molar-refractivity contribution in [1.82, 2.24) is 0 Å². The SMILES string of the molecule is O=[N+]([O-])c1cc([N+](=O)[O-])c(-c2c([N+](=O)[O-])ccc(O)c2[N+](=O)[O-])c([N+](=O)[O-])c1. The molecule has 0 aliphatic rings. The topological polar surface area (TPSA) is 236 Å². The number of nitro benzene ring substituents is 5. The molecule has 0 unspecified atom stereocenters. The smallest absolute Gasteiger partial charge is 0.325 e. The molecule has 0 atom stereocenters. The number of nitro groups is 5. The summed E-state index contributed by atoms with van der Waals surface area (Å²) in [6.07, 6.45) is 0. The molecule has 0 heterocycles. The number of hydrogen-bond donors (Lipinski definition) is 1. The summed E-state index contributed by atoms with van der Waals surface area (Å²) >= 11 is 0. The number of nitrogens with zero attached hydrogens (tertiary/aromatic N) is 5. The number of benzene rings is 2. The van der Waals surface area contributed by atoms with E-state index in [0.29, 0.717) is 12.1 Å². The highest BCUT2D eigenvalue weighted by atomic mass is 16.6. The predicted molar refractivity (Wildman–Crippen MR) is 86.8 cm³/mol. The van der Waals surface area contributed by atoms with Gasteiger partial charge in [-0.05, 0) is 6.07 Å². The normalized spacial score (nSPS) is 10.3. The molecule has 2 aromatic rings. The average Bonchev–Trinajstić information content (AvgIpc) is 2.59. The average molecular weight is 395 g/mol. The van der Waals surface area contributed by atoms with Crippen molar-refractivity contribution in [2.24, 2.45) is 0 Å². The lowest BCUT2D eigenvalue weighted by molar-refractivity contribution is -0.403. The summed E-state index contributed by atoms with van der Waals surface area (Å²) in [6.45, 7) is 0. The maximum absolute atomic E-state index is 11.4. The largest absolute Gasteiger partial charge is 0.502 e. The molecular formula is C12H5N5O11. The van der Waals surface area contributed by atoms with Crippen LogP contribution >= 0.6 is 0 Å². The van der Waals surface area contributed by atoms with E-state index in [9.17, 15) is 55.7 Å². The van der Waals surface area contributed by atoms with Crippen molar-refractivity contribution in [3.05, 3.63) is 74.8 Å². The zero-order chi connectivity index (χ0) is 21.3. The van der Waals surface area contributed by atoms with E-state index in [1.165, 1.54) is 0 Å². The van der Waals surface area contributed by atoms with Gasteiger partial charge in [0.1, 0.15) is 0 Å². The van der Waals surface area contributed by atoms with Gasteiger partial charge in [-0.1, -0.05) is 0 Å². The molecule has 0 amide bonds. The fourth-order valence-electron chi connectivity index (χ4n) is 2.40. The monoisotopic (exact) mass is 395 g/mol. The summed E-state index contributed by atoms with van der Waals surface area (Å²) in [5.74, 6) is -1.16. The van der Waals surface area contributed by atoms with E-state index in [0.717, 1.165) is 0 Å². The minimum atomic E-state index is -1.41. The summed E-state index contributed by atoms with van der Waals surface area (Å²) in [4.78, 5) is 49.8. The maximum atomic E-state index is 11.4. The Morgan fingerprint density at radius 3 is 1.43 bits per heavy atom. The Morgan fingerprint density at radius 1 is 0.607 bits per heavy atom. The Bertz CT molecular complexity index is 1040. The van der Waals surface area contributed by atoms with E-state index < -0.39 is 69.9 Å². The molecule has 16 heteroatoms. The third-order valence-corrected chi connectivity index (χ3v) is 3.45. The van der Waals surface area contributed by atoms with Gasteiger partial charge >= 0.3 is 5.69 Å². The van der Waals surface area contributed by atoms with Crippen LogP contribution in [-0.4, -0.2) is 29.7 Å². The molecule has 28 heavy (non-hydrogen) atoms. The molecule has 16 nitrogen and oxygen atoms in total. The first kappa shape index (κ1) is 19.6. The first-order valence-corrected chi connectivity index (χ1v) is 6.73. The number of hydrogen-bond acceptors (Lipinski definition) is 11. The molecule has 0 aliphatic carbocycles. The lowest BCUT2D eigenvalue weighted by Gasteiger charge is -2.07. The second kappa shape index (κ2) is 6.86. The molecule has 2 aromatic carbocycles. The second-order valence-electron chi connectivity index (χ2n) is 4.97. The van der Waals surface area contributed by atoms with Crippen molar-refractivity contribution in [3.63, 3.8) is 0 Å². The Kier molecular flexibility index (Phi) is 4.79. The molecule has 2 rings (SSSR count). The number of non-ortho nitro benzene ring substituents is 1. The number of phenolic OH excluding ortho intramolecular Hbond substituents is 1. The lowest BCUT2D eigenvalue weighted by atomic mass is 9.96. The van der Waals surface area contributed by atoms with Gasteiger partial charge in [-0.2, -0.15) is 0 Å². The Labute approximate surface area is 151 Å². The van der Waals surface area contributed by atoms with E-state index in [2.05, 4.69) is 0 Å². The molecule has 0 aromatic heterocycles. The molecule has 0 saturated heterocycles.